The van der Waals surface area contributed by atoms with Crippen molar-refractivity contribution in [2.75, 3.05) is 0 Å². The van der Waals surface area contributed by atoms with Gasteiger partial charge in [-0.3, -0.25) is 0 Å². The Morgan fingerprint density at radius 2 is 1.92 bits per heavy atom. The van der Waals surface area contributed by atoms with Crippen LogP contribution in [-0.2, 0) is 15.9 Å². The minimum absolute atomic E-state index is 0.465. The summed E-state index contributed by atoms with van der Waals surface area (Å²) in [4.78, 5) is 3.98. The average Bonchev–Trinajstić information content (AvgIpc) is 3.15. The molecular weight excluding hydrogens is 330 g/mol. The smallest absolute Gasteiger partial charge is 0.398 e. The standard InChI is InChI=1S/C20H22BFN2O2/c1-19(2)20(3,4)26-21(25-19)18(22)14-17-9-6-5-8-16(17)10-7-12-24-13-11-23-15-24/h5-6,8-9,11,13-15H,12H2,1-4H3. The fourth-order valence-corrected chi connectivity index (χ4v) is 2.52. The molecule has 1 saturated heterocycles. The Morgan fingerprint density at radius 1 is 1.23 bits per heavy atom. The van der Waals surface area contributed by atoms with Gasteiger partial charge in [-0.25, -0.2) is 9.37 Å². The van der Waals surface area contributed by atoms with Crippen LogP contribution in [0.15, 0.2) is 48.7 Å². The summed E-state index contributed by atoms with van der Waals surface area (Å²) in [5, 5.41) is 0. The SMILES string of the molecule is CC1(C)OB(C(F)=Cc2ccccc2C#CCn2ccnc2)OC1(C)C. The predicted molar refractivity (Wildman–Crippen MR) is 101 cm³/mol. The van der Waals surface area contributed by atoms with Crippen molar-refractivity contribution < 1.29 is 13.7 Å². The number of imidazole rings is 1. The van der Waals surface area contributed by atoms with Crippen molar-refractivity contribution in [3.8, 4) is 11.8 Å². The normalized spacial score (nSPS) is 18.5. The molecule has 134 valence electrons. The fourth-order valence-electron chi connectivity index (χ4n) is 2.52. The number of aromatic nitrogens is 2. The van der Waals surface area contributed by atoms with E-state index < -0.39 is 24.0 Å². The fraction of sp³-hybridized carbons (Fsp3) is 0.350. The molecule has 0 radical (unpaired) electrons. The van der Waals surface area contributed by atoms with Crippen molar-refractivity contribution >= 4 is 13.2 Å². The number of rotatable bonds is 3. The Labute approximate surface area is 154 Å². The first-order valence-corrected chi connectivity index (χ1v) is 8.55. The van der Waals surface area contributed by atoms with Gasteiger partial charge < -0.3 is 13.9 Å². The van der Waals surface area contributed by atoms with E-state index in [2.05, 4.69) is 16.8 Å². The number of halogens is 1. The highest BCUT2D eigenvalue weighted by Crippen LogP contribution is 2.39. The Bertz CT molecular complexity index is 847. The van der Waals surface area contributed by atoms with Crippen molar-refractivity contribution in [3.05, 3.63) is 59.8 Å². The lowest BCUT2D eigenvalue weighted by Crippen LogP contribution is -2.41. The molecule has 1 aromatic heterocycles. The average molecular weight is 352 g/mol. The van der Waals surface area contributed by atoms with E-state index in [1.54, 1.807) is 12.5 Å². The summed E-state index contributed by atoms with van der Waals surface area (Å²) in [6, 6.07) is 7.42. The van der Waals surface area contributed by atoms with Crippen molar-refractivity contribution in [2.24, 2.45) is 0 Å². The number of hydrogen-bond acceptors (Lipinski definition) is 3. The zero-order valence-corrected chi connectivity index (χ0v) is 15.5. The third-order valence-corrected chi connectivity index (χ3v) is 4.78. The molecule has 26 heavy (non-hydrogen) atoms. The van der Waals surface area contributed by atoms with E-state index in [-0.39, 0.29) is 0 Å². The van der Waals surface area contributed by atoms with E-state index in [0.29, 0.717) is 12.1 Å². The highest BCUT2D eigenvalue weighted by atomic mass is 19.1. The highest BCUT2D eigenvalue weighted by molar-refractivity contribution is 6.54. The zero-order chi connectivity index (χ0) is 18.8. The van der Waals surface area contributed by atoms with Gasteiger partial charge >= 0.3 is 7.12 Å². The van der Waals surface area contributed by atoms with E-state index >= 15 is 0 Å². The van der Waals surface area contributed by atoms with Crippen LogP contribution in [0.1, 0.15) is 38.8 Å². The van der Waals surface area contributed by atoms with Crippen molar-refractivity contribution in [1.82, 2.24) is 9.55 Å². The maximum atomic E-state index is 14.8. The molecule has 0 aliphatic carbocycles. The first kappa shape index (κ1) is 18.4. The van der Waals surface area contributed by atoms with E-state index in [4.69, 9.17) is 9.31 Å². The van der Waals surface area contributed by atoms with Crippen LogP contribution in [0.3, 0.4) is 0 Å². The molecule has 2 aromatic rings. The van der Waals surface area contributed by atoms with Gasteiger partial charge in [0.1, 0.15) is 5.73 Å². The Morgan fingerprint density at radius 3 is 2.58 bits per heavy atom. The van der Waals surface area contributed by atoms with Crippen molar-refractivity contribution in [1.29, 1.82) is 0 Å². The second-order valence-electron chi connectivity index (χ2n) is 7.24. The van der Waals surface area contributed by atoms with Gasteiger partial charge in [0.15, 0.2) is 0 Å². The second-order valence-corrected chi connectivity index (χ2v) is 7.24. The molecule has 0 atom stereocenters. The number of hydrogen-bond donors (Lipinski definition) is 0. The minimum atomic E-state index is -1.01. The third kappa shape index (κ3) is 3.90. The molecule has 2 heterocycles. The predicted octanol–water partition coefficient (Wildman–Crippen LogP) is 3.88. The van der Waals surface area contributed by atoms with Gasteiger partial charge in [-0.05, 0) is 45.4 Å². The molecule has 0 unspecified atom stereocenters. The maximum absolute atomic E-state index is 14.8. The van der Waals surface area contributed by atoms with Crippen LogP contribution in [0.4, 0.5) is 4.39 Å². The lowest BCUT2D eigenvalue weighted by Gasteiger charge is -2.32. The van der Waals surface area contributed by atoms with Crippen molar-refractivity contribution in [2.45, 2.75) is 45.4 Å². The Hall–Kier alpha value is -2.36. The molecule has 6 heteroatoms. The Balaban J connectivity index is 1.80. The topological polar surface area (TPSA) is 36.3 Å². The first-order valence-electron chi connectivity index (χ1n) is 8.55. The summed E-state index contributed by atoms with van der Waals surface area (Å²) in [6.07, 6.45) is 6.69. The lowest BCUT2D eigenvalue weighted by atomic mass is 9.86. The molecule has 0 N–H and O–H groups in total. The Kier molecular flexibility index (Phi) is 5.04. The molecule has 1 fully saturated rings. The number of benzene rings is 1. The van der Waals surface area contributed by atoms with Crippen LogP contribution in [0, 0.1) is 11.8 Å². The van der Waals surface area contributed by atoms with Crippen LogP contribution < -0.4 is 0 Å². The van der Waals surface area contributed by atoms with E-state index in [0.717, 1.165) is 5.56 Å². The second kappa shape index (κ2) is 7.10. The highest BCUT2D eigenvalue weighted by Gasteiger charge is 2.53. The summed E-state index contributed by atoms with van der Waals surface area (Å²) in [5.74, 6) is 6.16. The summed E-state index contributed by atoms with van der Waals surface area (Å²) in [6.45, 7) is 8.12. The molecular formula is C20H22BFN2O2. The van der Waals surface area contributed by atoms with Gasteiger partial charge in [-0.15, -0.1) is 0 Å². The van der Waals surface area contributed by atoms with Gasteiger partial charge in [-0.1, -0.05) is 30.0 Å². The van der Waals surface area contributed by atoms with Gasteiger partial charge in [0.05, 0.1) is 24.1 Å². The molecule has 0 saturated carbocycles. The van der Waals surface area contributed by atoms with Crippen LogP contribution >= 0.6 is 0 Å². The molecule has 0 spiro atoms. The number of nitrogens with zero attached hydrogens (tertiary/aromatic N) is 2. The van der Waals surface area contributed by atoms with Crippen LogP contribution in [0.2, 0.25) is 0 Å². The minimum Gasteiger partial charge on any atom is -0.398 e. The molecule has 1 aliphatic rings. The molecule has 3 rings (SSSR count). The van der Waals surface area contributed by atoms with Gasteiger partial charge in [-0.2, -0.15) is 0 Å². The van der Waals surface area contributed by atoms with Crippen LogP contribution in [0.5, 0.6) is 0 Å². The molecule has 1 aromatic carbocycles. The lowest BCUT2D eigenvalue weighted by molar-refractivity contribution is 0.00578. The zero-order valence-electron chi connectivity index (χ0n) is 15.5. The molecule has 0 amide bonds. The van der Waals surface area contributed by atoms with Crippen molar-refractivity contribution in [3.63, 3.8) is 0 Å². The summed E-state index contributed by atoms with van der Waals surface area (Å²) < 4.78 is 28.1. The van der Waals surface area contributed by atoms with E-state index in [9.17, 15) is 4.39 Å². The largest absolute Gasteiger partial charge is 0.525 e. The molecule has 1 aliphatic heterocycles. The van der Waals surface area contributed by atoms with Gasteiger partial charge in [0, 0.05) is 18.0 Å². The molecule has 4 nitrogen and oxygen atoms in total. The molecule has 0 bridgehead atoms. The first-order chi connectivity index (χ1) is 12.3. The maximum Gasteiger partial charge on any atom is 0.525 e. The summed E-state index contributed by atoms with van der Waals surface area (Å²) >= 11 is 0. The van der Waals surface area contributed by atoms with Crippen LogP contribution in [-0.4, -0.2) is 27.9 Å². The quantitative estimate of drug-likeness (QED) is 0.621. The monoisotopic (exact) mass is 352 g/mol. The van der Waals surface area contributed by atoms with Crippen LogP contribution in [0.25, 0.3) is 6.08 Å². The van der Waals surface area contributed by atoms with E-state index in [1.165, 1.54) is 6.08 Å². The van der Waals surface area contributed by atoms with E-state index in [1.807, 2.05) is 62.7 Å². The van der Waals surface area contributed by atoms with Gasteiger partial charge in [0.25, 0.3) is 0 Å². The summed E-state index contributed by atoms with van der Waals surface area (Å²) in [7, 11) is -1.01. The third-order valence-electron chi connectivity index (χ3n) is 4.78. The summed E-state index contributed by atoms with van der Waals surface area (Å²) in [5.41, 5.74) is -0.176. The van der Waals surface area contributed by atoms with Gasteiger partial charge in [0.2, 0.25) is 0 Å².